The summed E-state index contributed by atoms with van der Waals surface area (Å²) >= 11 is 5.68. The molecule has 1 fully saturated rings. The molecule has 1 aromatic rings. The maximum absolute atomic E-state index is 12.0. The van der Waals surface area contributed by atoms with Crippen LogP contribution < -0.4 is 5.32 Å². The molecule has 1 saturated carbocycles. The van der Waals surface area contributed by atoms with E-state index < -0.39 is 0 Å². The minimum atomic E-state index is -0.206. The maximum atomic E-state index is 12.0. The van der Waals surface area contributed by atoms with E-state index >= 15 is 0 Å². The second-order valence-electron chi connectivity index (χ2n) is 5.02. The summed E-state index contributed by atoms with van der Waals surface area (Å²) in [5.74, 6) is -0.206. The van der Waals surface area contributed by atoms with E-state index in [0.717, 1.165) is 25.7 Å². The highest BCUT2D eigenvalue weighted by Gasteiger charge is 2.23. The minimum absolute atomic E-state index is 0.0814. The minimum Gasteiger partial charge on any atom is -0.382 e. The van der Waals surface area contributed by atoms with Crippen LogP contribution in [0.1, 0.15) is 36.2 Å². The average molecular weight is 314 g/mol. The number of halogens is 1. The Morgan fingerprint density at radius 2 is 2.14 bits per heavy atom. The van der Waals surface area contributed by atoms with Crippen molar-refractivity contribution in [1.82, 2.24) is 15.3 Å². The standard InChI is InChI=1S/C14H20ClN3O3/c1-20-8-9-21-11-4-2-10(3-5-11)17-13(19)12-6-7-16-14(15)18-12/h6-7,10-11H,2-5,8-9H2,1H3,(H,17,19)/t10-,11-. The van der Waals surface area contributed by atoms with Gasteiger partial charge in [-0.1, -0.05) is 0 Å². The first kappa shape index (κ1) is 16.1. The molecular weight excluding hydrogens is 294 g/mol. The van der Waals surface area contributed by atoms with Gasteiger partial charge in [0.2, 0.25) is 5.28 Å². The van der Waals surface area contributed by atoms with Crippen molar-refractivity contribution in [2.75, 3.05) is 20.3 Å². The number of nitrogens with one attached hydrogen (secondary N) is 1. The predicted molar refractivity (Wildman–Crippen MR) is 78.4 cm³/mol. The Hall–Kier alpha value is -1.24. The van der Waals surface area contributed by atoms with Gasteiger partial charge in [-0.05, 0) is 43.4 Å². The monoisotopic (exact) mass is 313 g/mol. The summed E-state index contributed by atoms with van der Waals surface area (Å²) in [5, 5.41) is 3.06. The second kappa shape index (κ2) is 8.26. The third-order valence-corrected chi connectivity index (χ3v) is 3.69. The van der Waals surface area contributed by atoms with Gasteiger partial charge >= 0.3 is 0 Å². The first-order valence-electron chi connectivity index (χ1n) is 7.09. The van der Waals surface area contributed by atoms with Crippen molar-refractivity contribution in [3.8, 4) is 0 Å². The maximum Gasteiger partial charge on any atom is 0.270 e. The van der Waals surface area contributed by atoms with Crippen LogP contribution in [0.4, 0.5) is 0 Å². The number of rotatable bonds is 6. The molecule has 1 heterocycles. The lowest BCUT2D eigenvalue weighted by Crippen LogP contribution is -2.39. The first-order chi connectivity index (χ1) is 10.2. The zero-order valence-electron chi connectivity index (χ0n) is 12.0. The Labute approximate surface area is 129 Å². The third-order valence-electron chi connectivity index (χ3n) is 3.51. The lowest BCUT2D eigenvalue weighted by atomic mass is 9.93. The highest BCUT2D eigenvalue weighted by atomic mass is 35.5. The number of nitrogens with zero attached hydrogens (tertiary/aromatic N) is 2. The lowest BCUT2D eigenvalue weighted by molar-refractivity contribution is -0.00409. The van der Waals surface area contributed by atoms with E-state index in [1.165, 1.54) is 6.20 Å². The largest absolute Gasteiger partial charge is 0.382 e. The predicted octanol–water partition coefficient (Wildman–Crippen LogP) is 1.83. The van der Waals surface area contributed by atoms with Crippen molar-refractivity contribution in [1.29, 1.82) is 0 Å². The molecule has 2 rings (SSSR count). The van der Waals surface area contributed by atoms with E-state index in [1.54, 1.807) is 13.2 Å². The van der Waals surface area contributed by atoms with Crippen LogP contribution >= 0.6 is 11.6 Å². The van der Waals surface area contributed by atoms with Gasteiger partial charge in [0.1, 0.15) is 5.69 Å². The van der Waals surface area contributed by atoms with E-state index in [1.807, 2.05) is 0 Å². The Morgan fingerprint density at radius 1 is 1.38 bits per heavy atom. The second-order valence-corrected chi connectivity index (χ2v) is 5.36. The molecule has 0 saturated heterocycles. The molecule has 6 nitrogen and oxygen atoms in total. The molecule has 0 radical (unpaired) electrons. The number of aromatic nitrogens is 2. The summed E-state index contributed by atoms with van der Waals surface area (Å²) in [6, 6.07) is 1.72. The third kappa shape index (κ3) is 5.22. The van der Waals surface area contributed by atoms with Crippen LogP contribution in [0.15, 0.2) is 12.3 Å². The molecule has 0 bridgehead atoms. The molecule has 0 aliphatic heterocycles. The van der Waals surface area contributed by atoms with Gasteiger partial charge in [0.15, 0.2) is 0 Å². The van der Waals surface area contributed by atoms with Gasteiger partial charge in [0, 0.05) is 19.3 Å². The van der Waals surface area contributed by atoms with E-state index in [0.29, 0.717) is 18.9 Å². The van der Waals surface area contributed by atoms with E-state index in [-0.39, 0.29) is 23.3 Å². The molecular formula is C14H20ClN3O3. The molecule has 1 aromatic heterocycles. The van der Waals surface area contributed by atoms with Gasteiger partial charge in [-0.15, -0.1) is 0 Å². The van der Waals surface area contributed by atoms with Gasteiger partial charge < -0.3 is 14.8 Å². The SMILES string of the molecule is COCCO[C@H]1CC[C@H](NC(=O)c2ccnc(Cl)n2)CC1. The summed E-state index contributed by atoms with van der Waals surface area (Å²) in [6.45, 7) is 1.24. The van der Waals surface area contributed by atoms with Crippen molar-refractivity contribution in [3.63, 3.8) is 0 Å². The molecule has 0 atom stereocenters. The zero-order valence-corrected chi connectivity index (χ0v) is 12.8. The molecule has 1 aliphatic rings. The molecule has 7 heteroatoms. The molecule has 0 spiro atoms. The van der Waals surface area contributed by atoms with Crippen LogP contribution in [0.5, 0.6) is 0 Å². The van der Waals surface area contributed by atoms with Crippen molar-refractivity contribution in [2.45, 2.75) is 37.8 Å². The van der Waals surface area contributed by atoms with E-state index in [4.69, 9.17) is 21.1 Å². The smallest absolute Gasteiger partial charge is 0.270 e. The topological polar surface area (TPSA) is 73.3 Å². The van der Waals surface area contributed by atoms with Crippen LogP contribution in [-0.2, 0) is 9.47 Å². The number of amides is 1. The fraction of sp³-hybridized carbons (Fsp3) is 0.643. The molecule has 1 aliphatic carbocycles. The van der Waals surface area contributed by atoms with Crippen molar-refractivity contribution < 1.29 is 14.3 Å². The number of methoxy groups -OCH3 is 1. The fourth-order valence-corrected chi connectivity index (χ4v) is 2.54. The quantitative estimate of drug-likeness (QED) is 0.641. The highest BCUT2D eigenvalue weighted by molar-refractivity contribution is 6.28. The number of hydrogen-bond acceptors (Lipinski definition) is 5. The van der Waals surface area contributed by atoms with Gasteiger partial charge in [0.05, 0.1) is 19.3 Å². The van der Waals surface area contributed by atoms with Gasteiger partial charge in [0.25, 0.3) is 5.91 Å². The van der Waals surface area contributed by atoms with Crippen LogP contribution in [0.2, 0.25) is 5.28 Å². The molecule has 21 heavy (non-hydrogen) atoms. The van der Waals surface area contributed by atoms with E-state index in [2.05, 4.69) is 15.3 Å². The van der Waals surface area contributed by atoms with Crippen LogP contribution in [-0.4, -0.2) is 48.3 Å². The normalized spacial score (nSPS) is 22.0. The number of carbonyl (C=O) groups excluding carboxylic acids is 1. The Balaban J connectivity index is 1.74. The number of hydrogen-bond donors (Lipinski definition) is 1. The van der Waals surface area contributed by atoms with Gasteiger partial charge in [-0.25, -0.2) is 9.97 Å². The van der Waals surface area contributed by atoms with Crippen molar-refractivity contribution >= 4 is 17.5 Å². The first-order valence-corrected chi connectivity index (χ1v) is 7.47. The number of ether oxygens (including phenoxy) is 2. The highest BCUT2D eigenvalue weighted by Crippen LogP contribution is 2.21. The summed E-state index contributed by atoms with van der Waals surface area (Å²) in [6.07, 6.45) is 5.44. The molecule has 1 N–H and O–H groups in total. The summed E-state index contributed by atoms with van der Waals surface area (Å²) in [4.78, 5) is 19.7. The Bertz CT molecular complexity index is 465. The van der Waals surface area contributed by atoms with Crippen LogP contribution in [0, 0.1) is 0 Å². The molecule has 116 valence electrons. The zero-order chi connectivity index (χ0) is 15.1. The summed E-state index contributed by atoms with van der Waals surface area (Å²) in [5.41, 5.74) is 0.300. The molecule has 0 aromatic carbocycles. The summed E-state index contributed by atoms with van der Waals surface area (Å²) in [7, 11) is 1.66. The van der Waals surface area contributed by atoms with E-state index in [9.17, 15) is 4.79 Å². The van der Waals surface area contributed by atoms with Crippen LogP contribution in [0.25, 0.3) is 0 Å². The number of carbonyl (C=O) groups is 1. The Kier molecular flexibility index (Phi) is 6.35. The molecule has 0 unspecified atom stereocenters. The summed E-state index contributed by atoms with van der Waals surface area (Å²) < 4.78 is 10.7. The van der Waals surface area contributed by atoms with Crippen molar-refractivity contribution in [3.05, 3.63) is 23.2 Å². The Morgan fingerprint density at radius 3 is 2.81 bits per heavy atom. The molecule has 1 amide bonds. The average Bonchev–Trinajstić information content (AvgIpc) is 2.49. The van der Waals surface area contributed by atoms with Gasteiger partial charge in [-0.2, -0.15) is 0 Å². The lowest BCUT2D eigenvalue weighted by Gasteiger charge is -2.29. The van der Waals surface area contributed by atoms with Crippen LogP contribution in [0.3, 0.4) is 0 Å². The van der Waals surface area contributed by atoms with Gasteiger partial charge in [-0.3, -0.25) is 4.79 Å². The fourth-order valence-electron chi connectivity index (χ4n) is 2.39. The van der Waals surface area contributed by atoms with Crippen molar-refractivity contribution in [2.24, 2.45) is 0 Å².